The van der Waals surface area contributed by atoms with Crippen LogP contribution in [-0.2, 0) is 0 Å². The minimum atomic E-state index is -4.79. The predicted molar refractivity (Wildman–Crippen MR) is 108 cm³/mol. The highest BCUT2D eigenvalue weighted by Gasteiger charge is 2.31. The van der Waals surface area contributed by atoms with E-state index in [0.29, 0.717) is 23.7 Å². The third-order valence-corrected chi connectivity index (χ3v) is 5.14. The number of fused-ring (bicyclic) bond motifs is 1. The van der Waals surface area contributed by atoms with Gasteiger partial charge in [-0.3, -0.25) is 4.79 Å². The first kappa shape index (κ1) is 21.2. The average molecular weight is 436 g/mol. The molecule has 1 aliphatic heterocycles. The van der Waals surface area contributed by atoms with Crippen molar-refractivity contribution in [3.8, 4) is 22.9 Å². The van der Waals surface area contributed by atoms with Crippen LogP contribution in [0.3, 0.4) is 0 Å². The molecule has 0 saturated carbocycles. The highest BCUT2D eigenvalue weighted by atomic mass is 19.4. The Morgan fingerprint density at radius 2 is 1.94 bits per heavy atom. The number of likely N-dealkylation sites (tertiary alicyclic amines) is 1. The minimum absolute atomic E-state index is 0.289. The van der Waals surface area contributed by atoms with Gasteiger partial charge >= 0.3 is 6.36 Å². The van der Waals surface area contributed by atoms with Crippen molar-refractivity contribution in [2.75, 3.05) is 26.2 Å². The van der Waals surface area contributed by atoms with E-state index in [0.717, 1.165) is 26.1 Å². The molecule has 1 N–H and O–H groups in total. The van der Waals surface area contributed by atoms with Crippen LogP contribution < -0.4 is 15.0 Å². The van der Waals surface area contributed by atoms with Crippen LogP contribution in [-0.4, -0.2) is 52.1 Å². The summed E-state index contributed by atoms with van der Waals surface area (Å²) < 4.78 is 48.4. The van der Waals surface area contributed by atoms with E-state index >= 15 is 0 Å². The fourth-order valence-corrected chi connectivity index (χ4v) is 3.71. The van der Waals surface area contributed by atoms with Gasteiger partial charge in [-0.15, -0.1) is 18.3 Å². The van der Waals surface area contributed by atoms with Crippen LogP contribution in [0.15, 0.2) is 41.3 Å². The van der Waals surface area contributed by atoms with Crippen molar-refractivity contribution in [2.45, 2.75) is 32.0 Å². The molecule has 1 aromatic carbocycles. The number of halogens is 3. The molecule has 0 atom stereocenters. The van der Waals surface area contributed by atoms with Crippen molar-refractivity contribution < 1.29 is 22.6 Å². The molecule has 4 rings (SSSR count). The van der Waals surface area contributed by atoms with Crippen LogP contribution in [0.4, 0.5) is 13.2 Å². The molecule has 3 aromatic rings. The maximum atomic E-state index is 12.5. The Labute approximate surface area is 176 Å². The Morgan fingerprint density at radius 1 is 1.13 bits per heavy atom. The summed E-state index contributed by atoms with van der Waals surface area (Å²) in [4.78, 5) is 17.5. The van der Waals surface area contributed by atoms with Crippen molar-refractivity contribution in [1.82, 2.24) is 19.5 Å². The van der Waals surface area contributed by atoms with Crippen molar-refractivity contribution in [1.29, 1.82) is 0 Å². The van der Waals surface area contributed by atoms with Gasteiger partial charge in [-0.2, -0.15) is 0 Å². The van der Waals surface area contributed by atoms with E-state index in [1.807, 2.05) is 0 Å². The molecule has 2 aromatic heterocycles. The van der Waals surface area contributed by atoms with Gasteiger partial charge in [0.05, 0.1) is 18.5 Å². The van der Waals surface area contributed by atoms with Crippen LogP contribution in [0.2, 0.25) is 0 Å². The number of aromatic amines is 1. The van der Waals surface area contributed by atoms with Crippen molar-refractivity contribution in [2.24, 2.45) is 0 Å². The summed E-state index contributed by atoms with van der Waals surface area (Å²) in [6, 6.07) is 6.93. The summed E-state index contributed by atoms with van der Waals surface area (Å²) in [5.41, 5.74) is 0.540. The topological polar surface area (TPSA) is 71.9 Å². The van der Waals surface area contributed by atoms with Gasteiger partial charge in [0.25, 0.3) is 5.56 Å². The maximum Gasteiger partial charge on any atom is 0.573 e. The highest BCUT2D eigenvalue weighted by molar-refractivity contribution is 5.62. The number of hydrogen-bond acceptors (Lipinski definition) is 5. The molecule has 0 spiro atoms. The molecule has 0 bridgehead atoms. The molecular formula is C21H23F3N4O3. The molecule has 3 heterocycles. The second-order valence-corrected chi connectivity index (χ2v) is 7.49. The summed E-state index contributed by atoms with van der Waals surface area (Å²) in [7, 11) is 0. The van der Waals surface area contributed by atoms with Gasteiger partial charge in [-0.25, -0.2) is 4.52 Å². The molecule has 0 radical (unpaired) electrons. The first-order valence-corrected chi connectivity index (χ1v) is 10.2. The number of nitrogens with zero attached hydrogens (tertiary/aromatic N) is 3. The van der Waals surface area contributed by atoms with Crippen LogP contribution in [0.25, 0.3) is 16.8 Å². The van der Waals surface area contributed by atoms with Gasteiger partial charge in [-0.1, -0.05) is 18.6 Å². The molecule has 10 heteroatoms. The number of aromatic nitrogens is 3. The number of alkyl halides is 3. The molecule has 166 valence electrons. The summed E-state index contributed by atoms with van der Waals surface area (Å²) in [5, 5.41) is 4.28. The van der Waals surface area contributed by atoms with E-state index < -0.39 is 11.9 Å². The number of rotatable bonds is 7. The molecule has 31 heavy (non-hydrogen) atoms. The van der Waals surface area contributed by atoms with Gasteiger partial charge in [0.1, 0.15) is 11.3 Å². The molecule has 0 unspecified atom stereocenters. The van der Waals surface area contributed by atoms with E-state index in [9.17, 15) is 18.0 Å². The largest absolute Gasteiger partial charge is 0.573 e. The lowest BCUT2D eigenvalue weighted by Crippen LogP contribution is -2.31. The first-order valence-electron chi connectivity index (χ1n) is 10.2. The number of nitrogens with one attached hydrogen (secondary N) is 1. The number of benzene rings is 1. The fourth-order valence-electron chi connectivity index (χ4n) is 3.71. The Balaban J connectivity index is 1.45. The van der Waals surface area contributed by atoms with E-state index in [4.69, 9.17) is 4.74 Å². The second kappa shape index (κ2) is 9.01. The Kier molecular flexibility index (Phi) is 6.17. The average Bonchev–Trinajstić information content (AvgIpc) is 3.14. The number of piperidine rings is 1. The molecule has 0 aliphatic carbocycles. The fraction of sp³-hybridized carbons (Fsp3) is 0.429. The maximum absolute atomic E-state index is 12.5. The second-order valence-electron chi connectivity index (χ2n) is 7.49. The zero-order valence-corrected chi connectivity index (χ0v) is 16.8. The molecule has 0 amide bonds. The van der Waals surface area contributed by atoms with Gasteiger partial charge < -0.3 is 19.4 Å². The normalized spacial score (nSPS) is 15.3. The summed E-state index contributed by atoms with van der Waals surface area (Å²) in [6.07, 6.45) is 1.38. The quantitative estimate of drug-likeness (QED) is 0.570. The summed E-state index contributed by atoms with van der Waals surface area (Å²) >= 11 is 0. The molecule has 1 aliphatic rings. The Hall–Kier alpha value is -3.01. The molecular weight excluding hydrogens is 413 g/mol. The molecule has 7 nitrogen and oxygen atoms in total. The van der Waals surface area contributed by atoms with Crippen LogP contribution in [0.5, 0.6) is 11.6 Å². The van der Waals surface area contributed by atoms with Gasteiger partial charge in [-0.05, 0) is 44.5 Å². The SMILES string of the molecule is O=c1[nH]c(-c2cccc(OC(F)(F)F)c2)cn2nc(OCCCN3CCCCC3)cc12. The predicted octanol–water partition coefficient (Wildman–Crippen LogP) is 3.84. The van der Waals surface area contributed by atoms with Crippen LogP contribution in [0.1, 0.15) is 25.7 Å². The summed E-state index contributed by atoms with van der Waals surface area (Å²) in [5.74, 6) is -0.0420. The van der Waals surface area contributed by atoms with E-state index in [1.165, 1.54) is 48.2 Å². The standard InChI is InChI=1S/C21H23F3N4O3/c22-21(23,24)31-16-7-4-6-15(12-16)17-14-28-18(20(29)25-17)13-19(26-28)30-11-5-10-27-8-2-1-3-9-27/h4,6-7,12-14H,1-3,5,8-11H2,(H,25,29). The van der Waals surface area contributed by atoms with Crippen molar-refractivity contribution >= 4 is 5.52 Å². The minimum Gasteiger partial charge on any atom is -0.477 e. The third kappa shape index (κ3) is 5.57. The van der Waals surface area contributed by atoms with Crippen LogP contribution in [0, 0.1) is 0 Å². The Morgan fingerprint density at radius 3 is 2.71 bits per heavy atom. The van der Waals surface area contributed by atoms with Crippen LogP contribution >= 0.6 is 0 Å². The van der Waals surface area contributed by atoms with E-state index in [2.05, 4.69) is 19.7 Å². The number of hydrogen-bond donors (Lipinski definition) is 1. The molecule has 1 fully saturated rings. The number of ether oxygens (including phenoxy) is 2. The zero-order chi connectivity index (χ0) is 21.8. The van der Waals surface area contributed by atoms with E-state index in [-0.39, 0.29) is 11.3 Å². The van der Waals surface area contributed by atoms with Gasteiger partial charge in [0, 0.05) is 18.2 Å². The van der Waals surface area contributed by atoms with Gasteiger partial charge in [0.2, 0.25) is 5.88 Å². The van der Waals surface area contributed by atoms with Gasteiger partial charge in [0.15, 0.2) is 0 Å². The highest BCUT2D eigenvalue weighted by Crippen LogP contribution is 2.27. The zero-order valence-electron chi connectivity index (χ0n) is 16.8. The lowest BCUT2D eigenvalue weighted by atomic mass is 10.1. The number of H-pyrrole nitrogens is 1. The van der Waals surface area contributed by atoms with E-state index in [1.54, 1.807) is 12.1 Å². The molecule has 1 saturated heterocycles. The first-order chi connectivity index (χ1) is 14.9. The summed E-state index contributed by atoms with van der Waals surface area (Å²) in [6.45, 7) is 3.71. The smallest absolute Gasteiger partial charge is 0.477 e. The lowest BCUT2D eigenvalue weighted by Gasteiger charge is -2.26. The van der Waals surface area contributed by atoms with Crippen molar-refractivity contribution in [3.63, 3.8) is 0 Å². The Bertz CT molecular complexity index is 1090. The monoisotopic (exact) mass is 436 g/mol. The third-order valence-electron chi connectivity index (χ3n) is 5.14. The van der Waals surface area contributed by atoms with Crippen molar-refractivity contribution in [3.05, 3.63) is 46.9 Å². The lowest BCUT2D eigenvalue weighted by molar-refractivity contribution is -0.274.